The molecule has 0 saturated carbocycles. The first-order chi connectivity index (χ1) is 9.88. The summed E-state index contributed by atoms with van der Waals surface area (Å²) in [5.41, 5.74) is 1.48. The first-order valence-corrected chi connectivity index (χ1v) is 7.08. The Hall–Kier alpha value is -1.92. The van der Waals surface area contributed by atoms with Crippen LogP contribution in [0.5, 0.6) is 11.5 Å². The van der Waals surface area contributed by atoms with E-state index in [1.165, 1.54) is 12.1 Å². The van der Waals surface area contributed by atoms with Crippen molar-refractivity contribution in [2.75, 3.05) is 0 Å². The van der Waals surface area contributed by atoms with Gasteiger partial charge in [-0.15, -0.1) is 0 Å². The number of hydrogen-bond acceptors (Lipinski definition) is 4. The lowest BCUT2D eigenvalue weighted by Crippen LogP contribution is -1.94. The number of ether oxygens (including phenoxy) is 1. The number of hydrogen-bond donors (Lipinski definition) is 1. The minimum Gasteiger partial charge on any atom is -0.457 e. The van der Waals surface area contributed by atoms with Crippen molar-refractivity contribution >= 4 is 21.6 Å². The van der Waals surface area contributed by atoms with Gasteiger partial charge in [0.15, 0.2) is 0 Å². The molecular weight excluding hydrogens is 338 g/mol. The fourth-order valence-corrected chi connectivity index (χ4v) is 2.59. The monoisotopic (exact) mass is 351 g/mol. The summed E-state index contributed by atoms with van der Waals surface area (Å²) >= 11 is 3.38. The molecule has 6 heteroatoms. The molecule has 2 aromatic carbocycles. The molecule has 1 N–H and O–H groups in total. The van der Waals surface area contributed by atoms with E-state index in [0.29, 0.717) is 17.1 Å². The van der Waals surface area contributed by atoms with Crippen molar-refractivity contribution in [2.45, 2.75) is 20.0 Å². The Bertz CT molecular complexity index is 685. The highest BCUT2D eigenvalue weighted by atomic mass is 79.9. The summed E-state index contributed by atoms with van der Waals surface area (Å²) < 4.78 is 6.47. The molecule has 2 aromatic rings. The van der Waals surface area contributed by atoms with Gasteiger partial charge in [-0.3, -0.25) is 10.1 Å². The van der Waals surface area contributed by atoms with Crippen LogP contribution in [-0.4, -0.2) is 10.0 Å². The second-order valence-corrected chi connectivity index (χ2v) is 5.52. The van der Waals surface area contributed by atoms with Crippen molar-refractivity contribution in [3.05, 3.63) is 62.1 Å². The van der Waals surface area contributed by atoms with Crippen LogP contribution < -0.4 is 4.74 Å². The van der Waals surface area contributed by atoms with E-state index in [1.54, 1.807) is 38.1 Å². The molecule has 0 saturated heterocycles. The molecule has 0 amide bonds. The van der Waals surface area contributed by atoms with Crippen LogP contribution in [0.3, 0.4) is 0 Å². The molecule has 0 aliphatic heterocycles. The average molecular weight is 352 g/mol. The van der Waals surface area contributed by atoms with Crippen molar-refractivity contribution in [3.8, 4) is 11.5 Å². The van der Waals surface area contributed by atoms with Gasteiger partial charge in [-0.2, -0.15) is 0 Å². The van der Waals surface area contributed by atoms with Crippen LogP contribution in [0.4, 0.5) is 5.69 Å². The third-order valence-corrected chi connectivity index (χ3v) is 3.71. The van der Waals surface area contributed by atoms with Crippen LogP contribution in [-0.2, 0) is 0 Å². The smallest absolute Gasteiger partial charge is 0.269 e. The Morgan fingerprint density at radius 2 is 2.00 bits per heavy atom. The van der Waals surface area contributed by atoms with Crippen LogP contribution in [0.25, 0.3) is 0 Å². The van der Waals surface area contributed by atoms with Crippen LogP contribution in [0.2, 0.25) is 0 Å². The maximum Gasteiger partial charge on any atom is 0.269 e. The molecule has 2 rings (SSSR count). The molecule has 0 unspecified atom stereocenters. The lowest BCUT2D eigenvalue weighted by Gasteiger charge is -2.12. The largest absolute Gasteiger partial charge is 0.457 e. The molecule has 0 fully saturated rings. The maximum absolute atomic E-state index is 10.7. The number of benzene rings is 2. The predicted molar refractivity (Wildman–Crippen MR) is 82.7 cm³/mol. The Kier molecular flexibility index (Phi) is 4.59. The zero-order valence-electron chi connectivity index (χ0n) is 11.5. The number of halogens is 1. The molecule has 21 heavy (non-hydrogen) atoms. The zero-order chi connectivity index (χ0) is 15.6. The number of aryl methyl sites for hydroxylation is 1. The highest BCUT2D eigenvalue weighted by molar-refractivity contribution is 9.10. The maximum atomic E-state index is 10.7. The molecule has 0 heterocycles. The molecule has 5 nitrogen and oxygen atoms in total. The van der Waals surface area contributed by atoms with E-state index < -0.39 is 11.0 Å². The topological polar surface area (TPSA) is 72.6 Å². The Morgan fingerprint density at radius 3 is 2.52 bits per heavy atom. The third kappa shape index (κ3) is 3.59. The number of rotatable bonds is 4. The van der Waals surface area contributed by atoms with Crippen molar-refractivity contribution in [1.82, 2.24) is 0 Å². The first kappa shape index (κ1) is 15.5. The zero-order valence-corrected chi connectivity index (χ0v) is 13.1. The van der Waals surface area contributed by atoms with Gasteiger partial charge in [-0.1, -0.05) is 22.0 Å². The Labute approximate surface area is 130 Å². The van der Waals surface area contributed by atoms with Gasteiger partial charge < -0.3 is 9.84 Å². The van der Waals surface area contributed by atoms with Crippen LogP contribution >= 0.6 is 15.9 Å². The second-order valence-electron chi connectivity index (χ2n) is 4.67. The lowest BCUT2D eigenvalue weighted by atomic mass is 10.1. The molecule has 0 aliphatic carbocycles. The highest BCUT2D eigenvalue weighted by Gasteiger charge is 2.11. The van der Waals surface area contributed by atoms with Gasteiger partial charge in [0.1, 0.15) is 11.5 Å². The van der Waals surface area contributed by atoms with Crippen molar-refractivity contribution < 1.29 is 14.8 Å². The SMILES string of the molecule is Cc1cc([N+](=O)[O-])ccc1Oc1ccc([C@@H](C)O)c(Br)c1. The van der Waals surface area contributed by atoms with Gasteiger partial charge in [0.25, 0.3) is 5.69 Å². The van der Waals surface area contributed by atoms with Crippen molar-refractivity contribution in [1.29, 1.82) is 0 Å². The number of nitro groups is 1. The van der Waals surface area contributed by atoms with E-state index in [-0.39, 0.29) is 5.69 Å². The van der Waals surface area contributed by atoms with Crippen LogP contribution in [0, 0.1) is 17.0 Å². The molecule has 0 aliphatic rings. The van der Waals surface area contributed by atoms with E-state index in [4.69, 9.17) is 4.74 Å². The van der Waals surface area contributed by atoms with Gasteiger partial charge in [0.2, 0.25) is 0 Å². The van der Waals surface area contributed by atoms with Crippen LogP contribution in [0.15, 0.2) is 40.9 Å². The molecule has 0 spiro atoms. The second kappa shape index (κ2) is 6.24. The number of aliphatic hydroxyl groups excluding tert-OH is 1. The minimum absolute atomic E-state index is 0.0329. The Balaban J connectivity index is 2.26. The number of aliphatic hydroxyl groups is 1. The molecular formula is C15H14BrNO4. The number of nitrogens with zero attached hydrogens (tertiary/aromatic N) is 1. The van der Waals surface area contributed by atoms with Gasteiger partial charge in [-0.25, -0.2) is 0 Å². The number of non-ortho nitro benzene ring substituents is 1. The molecule has 1 atom stereocenters. The number of nitro benzene ring substituents is 1. The summed E-state index contributed by atoms with van der Waals surface area (Å²) in [5.74, 6) is 1.14. The van der Waals surface area contributed by atoms with Crippen LogP contribution in [0.1, 0.15) is 24.2 Å². The van der Waals surface area contributed by atoms with E-state index in [2.05, 4.69) is 15.9 Å². The summed E-state index contributed by atoms with van der Waals surface area (Å²) in [7, 11) is 0. The van der Waals surface area contributed by atoms with E-state index in [1.807, 2.05) is 0 Å². The fraction of sp³-hybridized carbons (Fsp3) is 0.200. The predicted octanol–water partition coefficient (Wildman–Crippen LogP) is 4.51. The fourth-order valence-electron chi connectivity index (χ4n) is 1.90. The minimum atomic E-state index is -0.575. The van der Waals surface area contributed by atoms with Gasteiger partial charge in [-0.05, 0) is 43.2 Å². The molecule has 0 radical (unpaired) electrons. The van der Waals surface area contributed by atoms with E-state index in [9.17, 15) is 15.2 Å². The summed E-state index contributed by atoms with van der Waals surface area (Å²) in [6.07, 6.45) is -0.575. The van der Waals surface area contributed by atoms with E-state index >= 15 is 0 Å². The van der Waals surface area contributed by atoms with Gasteiger partial charge in [0.05, 0.1) is 11.0 Å². The first-order valence-electron chi connectivity index (χ1n) is 6.29. The molecule has 110 valence electrons. The standard InChI is InChI=1S/C15H14BrNO4/c1-9-7-11(17(19)20)3-6-15(9)21-12-4-5-13(10(2)18)14(16)8-12/h3-8,10,18H,1-2H3/t10-/m1/s1. The summed E-state index contributed by atoms with van der Waals surface area (Å²) in [6, 6.07) is 9.71. The van der Waals surface area contributed by atoms with Gasteiger partial charge in [0, 0.05) is 16.6 Å². The molecule has 0 bridgehead atoms. The summed E-state index contributed by atoms with van der Waals surface area (Å²) in [6.45, 7) is 3.43. The third-order valence-electron chi connectivity index (χ3n) is 3.02. The quantitative estimate of drug-likeness (QED) is 0.649. The highest BCUT2D eigenvalue weighted by Crippen LogP contribution is 2.32. The lowest BCUT2D eigenvalue weighted by molar-refractivity contribution is -0.384. The Morgan fingerprint density at radius 1 is 1.29 bits per heavy atom. The van der Waals surface area contributed by atoms with Crippen molar-refractivity contribution in [3.63, 3.8) is 0 Å². The average Bonchev–Trinajstić information content (AvgIpc) is 2.40. The molecule has 0 aromatic heterocycles. The summed E-state index contributed by atoms with van der Waals surface area (Å²) in [5, 5.41) is 20.3. The van der Waals surface area contributed by atoms with Crippen molar-refractivity contribution in [2.24, 2.45) is 0 Å². The summed E-state index contributed by atoms with van der Waals surface area (Å²) in [4.78, 5) is 10.3. The van der Waals surface area contributed by atoms with E-state index in [0.717, 1.165) is 10.0 Å². The normalized spacial score (nSPS) is 12.0. The van der Waals surface area contributed by atoms with Gasteiger partial charge >= 0.3 is 0 Å².